The van der Waals surface area contributed by atoms with Gasteiger partial charge in [-0.3, -0.25) is 0 Å². The summed E-state index contributed by atoms with van der Waals surface area (Å²) in [7, 11) is 0. The van der Waals surface area contributed by atoms with Crippen molar-refractivity contribution in [2.45, 2.75) is 27.7 Å². The van der Waals surface area contributed by atoms with Crippen molar-refractivity contribution < 1.29 is 0 Å². The van der Waals surface area contributed by atoms with E-state index in [4.69, 9.17) is 0 Å². The Hall–Kier alpha value is -1.64. The quantitative estimate of drug-likeness (QED) is 0.264. The lowest BCUT2D eigenvalue weighted by atomic mass is 9.98. The van der Waals surface area contributed by atoms with Gasteiger partial charge in [-0.1, -0.05) is 56.1 Å². The van der Waals surface area contributed by atoms with Crippen molar-refractivity contribution in [2.75, 3.05) is 0 Å². The minimum absolute atomic E-state index is 1.11. The lowest BCUT2D eigenvalue weighted by Crippen LogP contribution is -1.84. The van der Waals surface area contributed by atoms with Gasteiger partial charge in [-0.05, 0) is 108 Å². The van der Waals surface area contributed by atoms with Gasteiger partial charge in [0.2, 0.25) is 0 Å². The van der Waals surface area contributed by atoms with Gasteiger partial charge in [-0.25, -0.2) is 0 Å². The van der Waals surface area contributed by atoms with E-state index < -0.39 is 0 Å². The van der Waals surface area contributed by atoms with E-state index in [2.05, 4.69) is 108 Å². The van der Waals surface area contributed by atoms with Crippen molar-refractivity contribution in [1.29, 1.82) is 0 Å². The lowest BCUT2D eigenvalue weighted by molar-refractivity contribution is 1.42. The minimum atomic E-state index is 1.11. The summed E-state index contributed by atoms with van der Waals surface area (Å²) in [6.45, 7) is 9.02. The summed E-state index contributed by atoms with van der Waals surface area (Å²) in [5.41, 5.74) is 13.6. The van der Waals surface area contributed by atoms with Gasteiger partial charge in [0.15, 0.2) is 0 Å². The molecule has 26 heavy (non-hydrogen) atoms. The van der Waals surface area contributed by atoms with Gasteiger partial charge in [-0.15, -0.1) is 0 Å². The molecule has 0 aromatic heterocycles. The number of hydrogen-bond donors (Lipinski definition) is 0. The third kappa shape index (κ3) is 2.62. The predicted molar refractivity (Wildman–Crippen MR) is 119 cm³/mol. The van der Waals surface area contributed by atoms with E-state index in [-0.39, 0.29) is 0 Å². The Morgan fingerprint density at radius 3 is 0.885 bits per heavy atom. The minimum Gasteiger partial charge on any atom is -0.0530 e. The maximum absolute atomic E-state index is 3.59. The molecule has 0 fully saturated rings. The molecule has 4 aliphatic carbocycles. The topological polar surface area (TPSA) is 0 Å². The van der Waals surface area contributed by atoms with Crippen LogP contribution in [-0.4, -0.2) is 0 Å². The number of fused-ring (bicyclic) bond motifs is 2. The van der Waals surface area contributed by atoms with Crippen LogP contribution in [0.5, 0.6) is 0 Å². The molecule has 130 valence electrons. The molecule has 0 aliphatic heterocycles. The van der Waals surface area contributed by atoms with Crippen molar-refractivity contribution in [1.82, 2.24) is 0 Å². The number of hydrogen-bond acceptors (Lipinski definition) is 0. The molecule has 0 radical (unpaired) electrons. The van der Waals surface area contributed by atoms with Crippen LogP contribution in [0, 0.1) is 27.7 Å². The normalized spacial score (nSPS) is 11.5. The van der Waals surface area contributed by atoms with E-state index in [1.807, 2.05) is 0 Å². The van der Waals surface area contributed by atoms with E-state index in [0.717, 1.165) is 8.95 Å². The van der Waals surface area contributed by atoms with Gasteiger partial charge in [0.25, 0.3) is 0 Å². The van der Waals surface area contributed by atoms with E-state index in [9.17, 15) is 0 Å². The Morgan fingerprint density at radius 2 is 0.654 bits per heavy atom. The molecule has 0 N–H and O–H groups in total. The summed E-state index contributed by atoms with van der Waals surface area (Å²) in [5, 5.41) is 0. The molecule has 4 aliphatic rings. The Bertz CT molecular complexity index is 924. The second-order valence-corrected chi connectivity index (χ2v) is 8.84. The van der Waals surface area contributed by atoms with Crippen molar-refractivity contribution in [3.05, 3.63) is 79.7 Å². The summed E-state index contributed by atoms with van der Waals surface area (Å²) >= 11 is 7.18. The third-order valence-electron chi connectivity index (χ3n) is 5.58. The monoisotopic (exact) mass is 466 g/mol. The van der Waals surface area contributed by atoms with Gasteiger partial charge in [0.1, 0.15) is 0 Å². The largest absolute Gasteiger partial charge is 0.0530 e. The fourth-order valence-corrected chi connectivity index (χ4v) is 4.81. The van der Waals surface area contributed by atoms with Crippen LogP contribution in [0.3, 0.4) is 0 Å². The van der Waals surface area contributed by atoms with Gasteiger partial charge in [-0.2, -0.15) is 0 Å². The molecule has 0 heterocycles. The highest BCUT2D eigenvalue weighted by Crippen LogP contribution is 2.48. The van der Waals surface area contributed by atoms with Gasteiger partial charge in [0.05, 0.1) is 0 Å². The molecule has 0 atom stereocenters. The second kappa shape index (κ2) is 6.51. The molecule has 0 unspecified atom stereocenters. The van der Waals surface area contributed by atoms with Gasteiger partial charge in [0, 0.05) is 8.95 Å². The van der Waals surface area contributed by atoms with Crippen LogP contribution in [0.4, 0.5) is 0 Å². The van der Waals surface area contributed by atoms with E-state index in [0.29, 0.717) is 0 Å². The molecule has 4 rings (SSSR count). The van der Waals surface area contributed by atoms with Crippen LogP contribution in [0.1, 0.15) is 22.3 Å². The Balaban J connectivity index is 2.09. The van der Waals surface area contributed by atoms with Gasteiger partial charge < -0.3 is 0 Å². The molecular formula is C24H20Br2. The molecule has 0 spiro atoms. The molecule has 0 saturated heterocycles. The summed E-state index contributed by atoms with van der Waals surface area (Å²) in [6.07, 6.45) is 0. The summed E-state index contributed by atoms with van der Waals surface area (Å²) in [4.78, 5) is 0. The lowest BCUT2D eigenvalue weighted by Gasteiger charge is -2.06. The van der Waals surface area contributed by atoms with Crippen molar-refractivity contribution >= 4 is 31.9 Å². The highest BCUT2D eigenvalue weighted by Gasteiger charge is 2.25. The first-order valence-corrected chi connectivity index (χ1v) is 10.4. The van der Waals surface area contributed by atoms with Crippen molar-refractivity contribution in [3.63, 3.8) is 0 Å². The van der Waals surface area contributed by atoms with Crippen LogP contribution in [0.25, 0.3) is 33.4 Å². The first-order valence-electron chi connectivity index (χ1n) is 8.77. The third-order valence-corrected chi connectivity index (χ3v) is 6.64. The summed E-state index contributed by atoms with van der Waals surface area (Å²) in [5.74, 6) is 0. The molecule has 0 aromatic rings. The first kappa shape index (κ1) is 17.8. The van der Waals surface area contributed by atoms with E-state index in [1.165, 1.54) is 55.6 Å². The number of halogens is 2. The van der Waals surface area contributed by atoms with Crippen molar-refractivity contribution in [3.8, 4) is 33.4 Å². The van der Waals surface area contributed by atoms with Gasteiger partial charge >= 0.3 is 0 Å². The SMILES string of the molecule is Cc1c2ccc(Br)ccc-2c(C)c1-c1c(C)c2ccc(Br)ccc-2c1C. The van der Waals surface area contributed by atoms with Crippen LogP contribution < -0.4 is 0 Å². The summed E-state index contributed by atoms with van der Waals surface area (Å²) in [6, 6.07) is 17.5. The second-order valence-electron chi connectivity index (χ2n) is 7.01. The standard InChI is InChI=1S/C24H20Br2/c1-13-19-9-5-17(25)6-10-20(19)14(2)23(13)24-15(3)21-11-7-18(26)8-12-22(21)16(24)4/h5-12H,1-4H3. The molecule has 0 nitrogen and oxygen atoms in total. The maximum atomic E-state index is 3.59. The summed E-state index contributed by atoms with van der Waals surface area (Å²) < 4.78 is 2.22. The molecule has 0 aromatic carbocycles. The molecule has 2 heteroatoms. The van der Waals surface area contributed by atoms with Crippen LogP contribution in [0.2, 0.25) is 0 Å². The van der Waals surface area contributed by atoms with E-state index >= 15 is 0 Å². The highest BCUT2D eigenvalue weighted by atomic mass is 79.9. The molecule has 0 amide bonds. The fraction of sp³-hybridized carbons (Fsp3) is 0.167. The fourth-order valence-electron chi connectivity index (χ4n) is 4.28. The van der Waals surface area contributed by atoms with Crippen molar-refractivity contribution in [2.24, 2.45) is 0 Å². The Labute approximate surface area is 172 Å². The Kier molecular flexibility index (Phi) is 4.45. The van der Waals surface area contributed by atoms with Crippen LogP contribution in [0.15, 0.2) is 57.5 Å². The van der Waals surface area contributed by atoms with Crippen LogP contribution in [-0.2, 0) is 0 Å². The molecular weight excluding hydrogens is 448 g/mol. The molecule has 0 bridgehead atoms. The predicted octanol–water partition coefficient (Wildman–Crippen LogP) is 8.32. The zero-order valence-electron chi connectivity index (χ0n) is 15.4. The zero-order valence-corrected chi connectivity index (χ0v) is 18.5. The highest BCUT2D eigenvalue weighted by molar-refractivity contribution is 9.10. The number of rotatable bonds is 1. The maximum Gasteiger partial charge on any atom is 0.0175 e. The molecule has 0 saturated carbocycles. The average molecular weight is 468 g/mol. The van der Waals surface area contributed by atoms with Crippen LogP contribution >= 0.6 is 31.9 Å². The van der Waals surface area contributed by atoms with E-state index in [1.54, 1.807) is 0 Å². The Morgan fingerprint density at radius 1 is 0.423 bits per heavy atom. The smallest absolute Gasteiger partial charge is 0.0175 e. The average Bonchev–Trinajstić information content (AvgIpc) is 2.84. The zero-order chi connectivity index (χ0) is 18.6. The first-order chi connectivity index (χ1) is 12.4.